The number of benzene rings is 1. The summed E-state index contributed by atoms with van der Waals surface area (Å²) < 4.78 is 10.7. The van der Waals surface area contributed by atoms with E-state index >= 15 is 0 Å². The maximum absolute atomic E-state index is 13.0. The zero-order valence-corrected chi connectivity index (χ0v) is 13.1. The van der Waals surface area contributed by atoms with Gasteiger partial charge in [0, 0.05) is 17.6 Å². The van der Waals surface area contributed by atoms with Gasteiger partial charge in [0.25, 0.3) is 5.91 Å². The van der Waals surface area contributed by atoms with Gasteiger partial charge in [-0.1, -0.05) is 6.92 Å². The van der Waals surface area contributed by atoms with E-state index in [1.807, 2.05) is 18.2 Å². The van der Waals surface area contributed by atoms with E-state index in [1.165, 1.54) is 12.8 Å². The van der Waals surface area contributed by atoms with E-state index in [0.717, 1.165) is 42.9 Å². The normalized spacial score (nSPS) is 26.8. The Morgan fingerprint density at radius 1 is 1.00 bits per heavy atom. The molecule has 3 aliphatic rings. The number of rotatable bonds is 3. The lowest BCUT2D eigenvalue weighted by Crippen LogP contribution is -2.43. The summed E-state index contributed by atoms with van der Waals surface area (Å²) >= 11 is 0. The van der Waals surface area contributed by atoms with Crippen molar-refractivity contribution in [1.82, 2.24) is 4.90 Å². The number of ether oxygens (including phenoxy) is 2. The third-order valence-electron chi connectivity index (χ3n) is 5.17. The number of carbonyl (C=O) groups is 1. The van der Waals surface area contributed by atoms with Crippen molar-refractivity contribution in [3.63, 3.8) is 0 Å². The summed E-state index contributed by atoms with van der Waals surface area (Å²) in [5.41, 5.74) is 0.731. The lowest BCUT2D eigenvalue weighted by Gasteiger charge is -2.36. The van der Waals surface area contributed by atoms with Crippen molar-refractivity contribution in [3.8, 4) is 11.5 Å². The molecule has 1 aliphatic heterocycles. The van der Waals surface area contributed by atoms with Crippen LogP contribution >= 0.6 is 0 Å². The number of hydrogen-bond acceptors (Lipinski definition) is 3. The molecule has 118 valence electrons. The number of hydrogen-bond donors (Lipinski definition) is 0. The first-order chi connectivity index (χ1) is 10.7. The van der Waals surface area contributed by atoms with E-state index < -0.39 is 0 Å². The van der Waals surface area contributed by atoms with Gasteiger partial charge >= 0.3 is 0 Å². The fourth-order valence-electron chi connectivity index (χ4n) is 3.68. The molecule has 1 aromatic carbocycles. The lowest BCUT2D eigenvalue weighted by molar-refractivity contribution is 0.0592. The Balaban J connectivity index is 1.56. The van der Waals surface area contributed by atoms with Crippen LogP contribution in [0, 0.1) is 5.92 Å². The van der Waals surface area contributed by atoms with Crippen LogP contribution in [0.5, 0.6) is 11.5 Å². The second kappa shape index (κ2) is 5.49. The van der Waals surface area contributed by atoms with E-state index in [4.69, 9.17) is 9.47 Å². The molecule has 2 fully saturated rings. The smallest absolute Gasteiger partial charge is 0.254 e. The summed E-state index contributed by atoms with van der Waals surface area (Å²) in [4.78, 5) is 15.2. The van der Waals surface area contributed by atoms with Crippen LogP contribution in [-0.4, -0.2) is 29.7 Å². The summed E-state index contributed by atoms with van der Waals surface area (Å²) in [5, 5.41) is 0. The third kappa shape index (κ3) is 2.55. The zero-order valence-electron chi connectivity index (χ0n) is 13.1. The second-order valence-corrected chi connectivity index (χ2v) is 6.93. The summed E-state index contributed by atoms with van der Waals surface area (Å²) in [7, 11) is 0. The first-order valence-corrected chi connectivity index (χ1v) is 8.44. The molecule has 4 heteroatoms. The highest BCUT2D eigenvalue weighted by molar-refractivity contribution is 5.95. The Hall–Kier alpha value is -1.71. The first-order valence-electron chi connectivity index (χ1n) is 8.44. The summed E-state index contributed by atoms with van der Waals surface area (Å²) in [5.74, 6) is 2.40. The molecule has 0 saturated heterocycles. The Morgan fingerprint density at radius 2 is 1.64 bits per heavy atom. The molecule has 0 N–H and O–H groups in total. The fourth-order valence-corrected chi connectivity index (χ4v) is 3.68. The number of fused-ring (bicyclic) bond motifs is 1. The molecule has 0 bridgehead atoms. The molecule has 0 unspecified atom stereocenters. The average molecular weight is 301 g/mol. The van der Waals surface area contributed by atoms with E-state index in [-0.39, 0.29) is 12.7 Å². The van der Waals surface area contributed by atoms with Gasteiger partial charge in [-0.2, -0.15) is 0 Å². The van der Waals surface area contributed by atoms with Crippen molar-refractivity contribution >= 4 is 5.91 Å². The molecular formula is C18H23NO3. The Morgan fingerprint density at radius 3 is 2.32 bits per heavy atom. The topological polar surface area (TPSA) is 38.8 Å². The van der Waals surface area contributed by atoms with Gasteiger partial charge in [-0.25, -0.2) is 0 Å². The lowest BCUT2D eigenvalue weighted by atomic mass is 9.86. The number of nitrogens with zero attached hydrogens (tertiary/aromatic N) is 1. The van der Waals surface area contributed by atoms with Crippen LogP contribution in [0.4, 0.5) is 0 Å². The fraction of sp³-hybridized carbons (Fsp3) is 0.611. The van der Waals surface area contributed by atoms with E-state index in [9.17, 15) is 4.79 Å². The maximum atomic E-state index is 13.0. The first kappa shape index (κ1) is 13.9. The van der Waals surface area contributed by atoms with Crippen LogP contribution in [0.15, 0.2) is 18.2 Å². The van der Waals surface area contributed by atoms with Crippen molar-refractivity contribution in [2.75, 3.05) is 6.79 Å². The van der Waals surface area contributed by atoms with E-state index in [2.05, 4.69) is 11.8 Å². The van der Waals surface area contributed by atoms with E-state index in [0.29, 0.717) is 17.8 Å². The molecule has 1 aromatic rings. The zero-order chi connectivity index (χ0) is 15.1. The van der Waals surface area contributed by atoms with Gasteiger partial charge in [-0.15, -0.1) is 0 Å². The minimum atomic E-state index is 0.167. The van der Waals surface area contributed by atoms with Crippen molar-refractivity contribution in [3.05, 3.63) is 23.8 Å². The highest BCUT2D eigenvalue weighted by Gasteiger charge is 2.39. The Kier molecular flexibility index (Phi) is 3.47. The maximum Gasteiger partial charge on any atom is 0.254 e. The van der Waals surface area contributed by atoms with Gasteiger partial charge in [-0.3, -0.25) is 4.79 Å². The molecule has 22 heavy (non-hydrogen) atoms. The molecule has 0 spiro atoms. The minimum absolute atomic E-state index is 0.167. The Labute approximate surface area is 131 Å². The van der Waals surface area contributed by atoms with Gasteiger partial charge in [0.1, 0.15) is 0 Å². The van der Waals surface area contributed by atoms with Crippen LogP contribution < -0.4 is 9.47 Å². The van der Waals surface area contributed by atoms with Gasteiger partial charge < -0.3 is 14.4 Å². The van der Waals surface area contributed by atoms with Gasteiger partial charge in [0.15, 0.2) is 11.5 Å². The van der Waals surface area contributed by atoms with Crippen LogP contribution in [-0.2, 0) is 0 Å². The summed E-state index contributed by atoms with van der Waals surface area (Å²) in [6, 6.07) is 6.43. The molecule has 0 aromatic heterocycles. The van der Waals surface area contributed by atoms with Crippen LogP contribution in [0.1, 0.15) is 55.8 Å². The molecule has 1 amide bonds. The second-order valence-electron chi connectivity index (χ2n) is 6.93. The third-order valence-corrected chi connectivity index (χ3v) is 5.17. The molecule has 1 heterocycles. The largest absolute Gasteiger partial charge is 0.454 e. The van der Waals surface area contributed by atoms with Crippen molar-refractivity contribution in [1.29, 1.82) is 0 Å². The molecule has 4 rings (SSSR count). The van der Waals surface area contributed by atoms with Crippen molar-refractivity contribution < 1.29 is 14.3 Å². The summed E-state index contributed by atoms with van der Waals surface area (Å²) in [6.45, 7) is 2.57. The van der Waals surface area contributed by atoms with E-state index in [1.54, 1.807) is 0 Å². The monoisotopic (exact) mass is 301 g/mol. The van der Waals surface area contributed by atoms with Gasteiger partial charge in [0.05, 0.1) is 0 Å². The predicted molar refractivity (Wildman–Crippen MR) is 83.2 cm³/mol. The highest BCUT2D eigenvalue weighted by Crippen LogP contribution is 2.38. The standard InChI is InChI=1S/C18H23NO3/c1-12-2-5-14(6-3-12)19(15-7-8-15)18(20)13-4-9-16-17(10-13)22-11-21-16/h4,9-10,12,14-15H,2-3,5-8,11H2,1H3. The molecule has 4 nitrogen and oxygen atoms in total. The van der Waals surface area contributed by atoms with Crippen LogP contribution in [0.25, 0.3) is 0 Å². The van der Waals surface area contributed by atoms with Crippen molar-refractivity contribution in [2.45, 2.75) is 57.5 Å². The molecule has 0 atom stereocenters. The molecule has 2 aliphatic carbocycles. The highest BCUT2D eigenvalue weighted by atomic mass is 16.7. The van der Waals surface area contributed by atoms with Crippen LogP contribution in [0.3, 0.4) is 0 Å². The average Bonchev–Trinajstić information content (AvgIpc) is 3.25. The molecule has 2 saturated carbocycles. The minimum Gasteiger partial charge on any atom is -0.454 e. The van der Waals surface area contributed by atoms with Crippen LogP contribution in [0.2, 0.25) is 0 Å². The Bertz CT molecular complexity index is 574. The van der Waals surface area contributed by atoms with Crippen molar-refractivity contribution in [2.24, 2.45) is 5.92 Å². The quantitative estimate of drug-likeness (QED) is 0.856. The van der Waals surface area contributed by atoms with Gasteiger partial charge in [-0.05, 0) is 62.6 Å². The molecular weight excluding hydrogens is 278 g/mol. The summed E-state index contributed by atoms with van der Waals surface area (Å²) in [6.07, 6.45) is 7.08. The SMILES string of the molecule is CC1CCC(N(C(=O)c2ccc3c(c2)OCO3)C2CC2)CC1. The number of amides is 1. The van der Waals surface area contributed by atoms with Gasteiger partial charge in [0.2, 0.25) is 6.79 Å². The molecule has 0 radical (unpaired) electrons. The number of carbonyl (C=O) groups excluding carboxylic acids is 1. The predicted octanol–water partition coefficient (Wildman–Crippen LogP) is 3.60.